The predicted octanol–water partition coefficient (Wildman–Crippen LogP) is 4.08. The van der Waals surface area contributed by atoms with Gasteiger partial charge in [0.25, 0.3) is 5.91 Å². The van der Waals surface area contributed by atoms with Crippen LogP contribution in [0.5, 0.6) is 5.75 Å². The molecular weight excluding hydrogens is 502 g/mol. The van der Waals surface area contributed by atoms with Crippen molar-refractivity contribution in [1.29, 1.82) is 0 Å². The number of methoxy groups -OCH3 is 1. The molecule has 0 bridgehead atoms. The quantitative estimate of drug-likeness (QED) is 0.208. The number of rotatable bonds is 10. The molecule has 8 nitrogen and oxygen atoms in total. The molecule has 0 atom stereocenters. The van der Waals surface area contributed by atoms with Crippen LogP contribution in [0, 0.1) is 6.92 Å². The van der Waals surface area contributed by atoms with E-state index in [1.54, 1.807) is 30.9 Å². The van der Waals surface area contributed by atoms with Gasteiger partial charge in [0.05, 0.1) is 12.6 Å². The van der Waals surface area contributed by atoms with Gasteiger partial charge in [0.2, 0.25) is 11.3 Å². The maximum atomic E-state index is 13.1. The van der Waals surface area contributed by atoms with E-state index in [0.717, 1.165) is 39.7 Å². The maximum absolute atomic E-state index is 13.1. The fraction of sp³-hybridized carbons (Fsp3) is 0.320. The monoisotopic (exact) mass is 529 g/mol. The third kappa shape index (κ3) is 6.24. The fourth-order valence-electron chi connectivity index (χ4n) is 3.78. The third-order valence-corrected chi connectivity index (χ3v) is 6.20. The van der Waals surface area contributed by atoms with Crippen LogP contribution in [0.4, 0.5) is 0 Å². The van der Waals surface area contributed by atoms with E-state index in [-0.39, 0.29) is 17.4 Å². The second-order valence-electron chi connectivity index (χ2n) is 8.05. The minimum absolute atomic E-state index is 0.0839. The number of amides is 2. The largest absolute Gasteiger partial charge is 0.497 e. The van der Waals surface area contributed by atoms with Crippen LogP contribution in [0.3, 0.4) is 0 Å². The smallest absolute Gasteiger partial charge is 0.257 e. The topological polar surface area (TPSA) is 110 Å². The summed E-state index contributed by atoms with van der Waals surface area (Å²) in [5.74, 6) is -0.102. The Morgan fingerprint density at radius 2 is 1.91 bits per heavy atom. The summed E-state index contributed by atoms with van der Waals surface area (Å²) in [6.45, 7) is 2.81. The van der Waals surface area contributed by atoms with Crippen LogP contribution >= 0.6 is 15.9 Å². The molecule has 34 heavy (non-hydrogen) atoms. The van der Waals surface area contributed by atoms with Gasteiger partial charge in [0, 0.05) is 35.6 Å². The van der Waals surface area contributed by atoms with Gasteiger partial charge in [0.15, 0.2) is 0 Å². The minimum Gasteiger partial charge on any atom is -0.497 e. The number of aromatic nitrogens is 1. The van der Waals surface area contributed by atoms with E-state index in [2.05, 4.69) is 21.2 Å². The Morgan fingerprint density at radius 3 is 2.62 bits per heavy atom. The van der Waals surface area contributed by atoms with Crippen molar-refractivity contribution in [1.82, 2.24) is 15.4 Å². The molecular formula is C25H28BrN3O5. The number of nitrogens with zero attached hydrogens (tertiary/aromatic N) is 1. The summed E-state index contributed by atoms with van der Waals surface area (Å²) in [6, 6.07) is 11.0. The number of halogens is 1. The Labute approximate surface area is 206 Å². The van der Waals surface area contributed by atoms with Gasteiger partial charge >= 0.3 is 0 Å². The zero-order valence-electron chi connectivity index (χ0n) is 19.2. The molecule has 0 radical (unpaired) electrons. The molecule has 1 heterocycles. The average molecular weight is 530 g/mol. The highest BCUT2D eigenvalue weighted by molar-refractivity contribution is 9.10. The number of hydrogen-bond donors (Lipinski definition) is 3. The van der Waals surface area contributed by atoms with Gasteiger partial charge in [-0.05, 0) is 61.2 Å². The van der Waals surface area contributed by atoms with E-state index in [0.29, 0.717) is 24.9 Å². The van der Waals surface area contributed by atoms with Crippen LogP contribution in [0.15, 0.2) is 51.9 Å². The highest BCUT2D eigenvalue weighted by Gasteiger charge is 2.16. The first kappa shape index (κ1) is 25.5. The lowest BCUT2D eigenvalue weighted by atomic mass is 10.1. The molecule has 2 aromatic carbocycles. The van der Waals surface area contributed by atoms with Crippen LogP contribution in [0.2, 0.25) is 0 Å². The number of carbonyl (C=O) groups is 2. The van der Waals surface area contributed by atoms with E-state index in [1.807, 2.05) is 35.8 Å². The van der Waals surface area contributed by atoms with Gasteiger partial charge in [-0.3, -0.25) is 19.6 Å². The number of pyridine rings is 1. The Kier molecular flexibility index (Phi) is 8.84. The van der Waals surface area contributed by atoms with E-state index < -0.39 is 11.8 Å². The van der Waals surface area contributed by atoms with Gasteiger partial charge < -0.3 is 14.6 Å². The van der Waals surface area contributed by atoms with Crippen LogP contribution in [0.1, 0.15) is 47.2 Å². The molecule has 3 N–H and O–H groups in total. The molecule has 3 aromatic rings. The number of nitrogens with one attached hydrogen (secondary N) is 2. The first-order valence-corrected chi connectivity index (χ1v) is 11.8. The average Bonchev–Trinajstić information content (AvgIpc) is 2.83. The Bertz CT molecular complexity index is 1260. The molecule has 0 unspecified atom stereocenters. The zero-order valence-corrected chi connectivity index (χ0v) is 20.8. The van der Waals surface area contributed by atoms with Crippen molar-refractivity contribution in [3.8, 4) is 5.75 Å². The van der Waals surface area contributed by atoms with Crippen LogP contribution < -0.4 is 21.0 Å². The van der Waals surface area contributed by atoms with Gasteiger partial charge in [-0.1, -0.05) is 28.4 Å². The van der Waals surface area contributed by atoms with Crippen LogP contribution in [-0.4, -0.2) is 28.7 Å². The number of ether oxygens (including phenoxy) is 1. The van der Waals surface area contributed by atoms with Crippen molar-refractivity contribution in [2.75, 3.05) is 7.11 Å². The van der Waals surface area contributed by atoms with E-state index in [9.17, 15) is 14.4 Å². The second-order valence-corrected chi connectivity index (χ2v) is 8.96. The van der Waals surface area contributed by atoms with E-state index in [1.165, 1.54) is 0 Å². The number of unbranched alkanes of at least 4 members (excludes halogenated alkanes) is 2. The molecule has 2 amide bonds. The highest BCUT2D eigenvalue weighted by Crippen LogP contribution is 2.20. The van der Waals surface area contributed by atoms with E-state index in [4.69, 9.17) is 9.94 Å². The molecule has 3 rings (SSSR count). The maximum Gasteiger partial charge on any atom is 0.257 e. The summed E-state index contributed by atoms with van der Waals surface area (Å²) in [5, 5.41) is 11.9. The van der Waals surface area contributed by atoms with Crippen molar-refractivity contribution in [2.24, 2.45) is 0 Å². The molecule has 0 aliphatic carbocycles. The summed E-state index contributed by atoms with van der Waals surface area (Å²) in [6.07, 6.45) is 3.98. The van der Waals surface area contributed by atoms with Crippen molar-refractivity contribution in [3.05, 3.63) is 74.0 Å². The predicted molar refractivity (Wildman–Crippen MR) is 133 cm³/mol. The molecule has 0 spiro atoms. The highest BCUT2D eigenvalue weighted by atomic mass is 79.9. The summed E-state index contributed by atoms with van der Waals surface area (Å²) in [4.78, 5) is 37.3. The summed E-state index contributed by atoms with van der Waals surface area (Å²) < 4.78 is 7.96. The Morgan fingerprint density at radius 1 is 1.12 bits per heavy atom. The lowest BCUT2D eigenvalue weighted by Gasteiger charge is -2.14. The molecule has 1 aromatic heterocycles. The van der Waals surface area contributed by atoms with Crippen LogP contribution in [0.25, 0.3) is 10.9 Å². The summed E-state index contributed by atoms with van der Waals surface area (Å²) in [5.41, 5.74) is 4.04. The van der Waals surface area contributed by atoms with Gasteiger partial charge in [-0.15, -0.1) is 0 Å². The molecule has 0 aliphatic rings. The standard InChI is InChI=1S/C25H28BrN3O5/c1-16-12-19(34-2)9-7-17(16)14-27-25(32)21-15-29(11-5-3-4-6-23(30)28-33)22-13-18(26)8-10-20(22)24(21)31/h7-10,12-13,15,33H,3-6,11,14H2,1-2H3,(H,27,32)(H,28,30). The van der Waals surface area contributed by atoms with Crippen molar-refractivity contribution in [3.63, 3.8) is 0 Å². The molecule has 0 aliphatic heterocycles. The Balaban J connectivity index is 1.80. The van der Waals surface area contributed by atoms with Crippen molar-refractivity contribution < 1.29 is 19.5 Å². The molecule has 0 saturated carbocycles. The lowest BCUT2D eigenvalue weighted by molar-refractivity contribution is -0.129. The summed E-state index contributed by atoms with van der Waals surface area (Å²) in [7, 11) is 1.60. The van der Waals surface area contributed by atoms with Crippen molar-refractivity contribution in [2.45, 2.75) is 45.7 Å². The van der Waals surface area contributed by atoms with Crippen molar-refractivity contribution >= 4 is 38.6 Å². The van der Waals surface area contributed by atoms with E-state index >= 15 is 0 Å². The fourth-order valence-corrected chi connectivity index (χ4v) is 4.12. The molecule has 180 valence electrons. The number of carbonyl (C=O) groups excluding carboxylic acids is 2. The van der Waals surface area contributed by atoms with Gasteiger partial charge in [-0.2, -0.15) is 0 Å². The molecule has 9 heteroatoms. The second kappa shape index (κ2) is 11.8. The molecule has 0 saturated heterocycles. The minimum atomic E-state index is -0.432. The first-order valence-electron chi connectivity index (χ1n) is 11.0. The zero-order chi connectivity index (χ0) is 24.7. The number of hydroxylamine groups is 1. The number of benzene rings is 2. The summed E-state index contributed by atoms with van der Waals surface area (Å²) >= 11 is 3.45. The lowest BCUT2D eigenvalue weighted by Crippen LogP contribution is -2.29. The third-order valence-electron chi connectivity index (χ3n) is 5.70. The number of hydrogen-bond acceptors (Lipinski definition) is 5. The molecule has 0 fully saturated rings. The van der Waals surface area contributed by atoms with Gasteiger partial charge in [-0.25, -0.2) is 5.48 Å². The van der Waals surface area contributed by atoms with Crippen LogP contribution in [-0.2, 0) is 17.9 Å². The van der Waals surface area contributed by atoms with Gasteiger partial charge in [0.1, 0.15) is 11.3 Å². The Hall–Kier alpha value is -3.17. The normalized spacial score (nSPS) is 10.8. The SMILES string of the molecule is COc1ccc(CNC(=O)c2cn(CCCCCC(=O)NO)c3cc(Br)ccc3c2=O)c(C)c1. The number of aryl methyl sites for hydroxylation is 2. The number of fused-ring (bicyclic) bond motifs is 1. The first-order chi connectivity index (χ1) is 16.3.